The summed E-state index contributed by atoms with van der Waals surface area (Å²) in [7, 11) is 1.80. The third-order valence-electron chi connectivity index (χ3n) is 4.64. The number of piperazine rings is 1. The Morgan fingerprint density at radius 3 is 2.70 bits per heavy atom. The van der Waals surface area contributed by atoms with Crippen LogP contribution in [-0.2, 0) is 10.3 Å². The van der Waals surface area contributed by atoms with E-state index in [1.165, 1.54) is 12.0 Å². The smallest absolute Gasteiger partial charge is 0.0670 e. The topological polar surface area (TPSA) is 24.5 Å². The molecule has 0 amide bonds. The van der Waals surface area contributed by atoms with Crippen molar-refractivity contribution in [1.82, 2.24) is 10.2 Å². The van der Waals surface area contributed by atoms with Crippen LogP contribution >= 0.6 is 0 Å². The highest BCUT2D eigenvalue weighted by molar-refractivity contribution is 5.25. The Morgan fingerprint density at radius 2 is 2.10 bits per heavy atom. The Morgan fingerprint density at radius 1 is 1.40 bits per heavy atom. The first-order chi connectivity index (χ1) is 9.60. The van der Waals surface area contributed by atoms with E-state index >= 15 is 0 Å². The number of hydrogen-bond acceptors (Lipinski definition) is 3. The van der Waals surface area contributed by atoms with Gasteiger partial charge in [0.25, 0.3) is 0 Å². The molecule has 3 nitrogen and oxygen atoms in total. The van der Waals surface area contributed by atoms with Crippen molar-refractivity contribution in [2.24, 2.45) is 0 Å². The third-order valence-corrected chi connectivity index (χ3v) is 4.64. The number of rotatable bonds is 5. The predicted octanol–water partition coefficient (Wildman–Crippen LogP) is 2.62. The number of nitrogens with zero attached hydrogens (tertiary/aromatic N) is 1. The highest BCUT2D eigenvalue weighted by atomic mass is 16.5. The lowest BCUT2D eigenvalue weighted by atomic mass is 9.86. The summed E-state index contributed by atoms with van der Waals surface area (Å²) < 4.78 is 5.49. The zero-order valence-electron chi connectivity index (χ0n) is 13.2. The maximum absolute atomic E-state index is 5.49. The molecule has 1 aliphatic heterocycles. The van der Waals surface area contributed by atoms with Gasteiger partial charge in [-0.3, -0.25) is 4.90 Å². The van der Waals surface area contributed by atoms with Crippen molar-refractivity contribution < 1.29 is 4.74 Å². The molecular weight excluding hydrogens is 248 g/mol. The minimum Gasteiger partial charge on any atom is -0.380 e. The Bertz CT molecular complexity index is 407. The van der Waals surface area contributed by atoms with Crippen molar-refractivity contribution in [2.75, 3.05) is 26.7 Å². The molecule has 3 heteroatoms. The van der Waals surface area contributed by atoms with Gasteiger partial charge in [0.1, 0.15) is 0 Å². The molecule has 1 aromatic carbocycles. The van der Waals surface area contributed by atoms with Gasteiger partial charge in [-0.05, 0) is 25.8 Å². The zero-order chi connectivity index (χ0) is 14.6. The molecule has 1 N–H and O–H groups in total. The molecular formula is C17H28N2O. The van der Waals surface area contributed by atoms with Crippen LogP contribution in [0.2, 0.25) is 0 Å². The van der Waals surface area contributed by atoms with E-state index in [0.717, 1.165) is 19.6 Å². The molecule has 0 spiro atoms. The number of methoxy groups -OCH3 is 1. The van der Waals surface area contributed by atoms with Crippen molar-refractivity contribution in [2.45, 2.75) is 44.9 Å². The Kier molecular flexibility index (Phi) is 5.19. The van der Waals surface area contributed by atoms with Gasteiger partial charge in [-0.2, -0.15) is 0 Å². The average Bonchev–Trinajstić information content (AvgIpc) is 2.50. The lowest BCUT2D eigenvalue weighted by Gasteiger charge is -2.49. The molecule has 0 saturated carbocycles. The molecule has 20 heavy (non-hydrogen) atoms. The number of ether oxygens (including phenoxy) is 1. The van der Waals surface area contributed by atoms with Crippen LogP contribution in [0.15, 0.2) is 30.3 Å². The summed E-state index contributed by atoms with van der Waals surface area (Å²) in [4.78, 5) is 2.58. The number of nitrogens with one attached hydrogen (secondary N) is 1. The molecule has 1 aromatic rings. The zero-order valence-corrected chi connectivity index (χ0v) is 13.2. The second-order valence-corrected chi connectivity index (χ2v) is 6.08. The summed E-state index contributed by atoms with van der Waals surface area (Å²) in [5, 5.41) is 3.70. The van der Waals surface area contributed by atoms with Crippen LogP contribution < -0.4 is 5.32 Å². The fraction of sp³-hybridized carbons (Fsp3) is 0.647. The van der Waals surface area contributed by atoms with E-state index < -0.39 is 0 Å². The van der Waals surface area contributed by atoms with Gasteiger partial charge in [0.15, 0.2) is 0 Å². The van der Waals surface area contributed by atoms with Crippen molar-refractivity contribution in [3.05, 3.63) is 35.9 Å². The highest BCUT2D eigenvalue weighted by Crippen LogP contribution is 2.31. The van der Waals surface area contributed by atoms with Crippen LogP contribution in [0.4, 0.5) is 0 Å². The third kappa shape index (κ3) is 3.22. The van der Waals surface area contributed by atoms with Crippen LogP contribution in [0.1, 0.15) is 32.8 Å². The van der Waals surface area contributed by atoms with Gasteiger partial charge in [-0.25, -0.2) is 0 Å². The first kappa shape index (κ1) is 15.5. The van der Waals surface area contributed by atoms with Crippen molar-refractivity contribution >= 4 is 0 Å². The van der Waals surface area contributed by atoms with E-state index in [2.05, 4.69) is 61.3 Å². The van der Waals surface area contributed by atoms with Gasteiger partial charge >= 0.3 is 0 Å². The SMILES string of the molecule is CCC1CN(CC(C)OC)C(C)(c2ccccc2)CN1. The van der Waals surface area contributed by atoms with Crippen molar-refractivity contribution in [1.29, 1.82) is 0 Å². The molecule has 0 radical (unpaired) electrons. The molecule has 1 heterocycles. The van der Waals surface area contributed by atoms with E-state index in [1.54, 1.807) is 7.11 Å². The second-order valence-electron chi connectivity index (χ2n) is 6.08. The fourth-order valence-corrected chi connectivity index (χ4v) is 3.00. The minimum atomic E-state index is 0.0414. The van der Waals surface area contributed by atoms with Gasteiger partial charge in [-0.1, -0.05) is 37.3 Å². The van der Waals surface area contributed by atoms with E-state index in [-0.39, 0.29) is 11.6 Å². The Labute approximate surface area is 123 Å². The quantitative estimate of drug-likeness (QED) is 0.895. The lowest BCUT2D eigenvalue weighted by molar-refractivity contribution is -0.00238. The molecule has 3 atom stereocenters. The second kappa shape index (κ2) is 6.70. The summed E-state index contributed by atoms with van der Waals surface area (Å²) in [6.07, 6.45) is 1.43. The van der Waals surface area contributed by atoms with Crippen LogP contribution in [0, 0.1) is 0 Å². The molecule has 3 unspecified atom stereocenters. The van der Waals surface area contributed by atoms with E-state index in [9.17, 15) is 0 Å². The molecule has 2 rings (SSSR count). The molecule has 1 fully saturated rings. The van der Waals surface area contributed by atoms with Gasteiger partial charge < -0.3 is 10.1 Å². The van der Waals surface area contributed by atoms with Crippen LogP contribution in [0.3, 0.4) is 0 Å². The fourth-order valence-electron chi connectivity index (χ4n) is 3.00. The maximum Gasteiger partial charge on any atom is 0.0670 e. The van der Waals surface area contributed by atoms with Crippen LogP contribution in [-0.4, -0.2) is 43.8 Å². The number of hydrogen-bond donors (Lipinski definition) is 1. The summed E-state index contributed by atoms with van der Waals surface area (Å²) in [5.74, 6) is 0. The maximum atomic E-state index is 5.49. The summed E-state index contributed by atoms with van der Waals surface area (Å²) in [6.45, 7) is 9.78. The van der Waals surface area contributed by atoms with Gasteiger partial charge in [-0.15, -0.1) is 0 Å². The van der Waals surface area contributed by atoms with Crippen molar-refractivity contribution in [3.8, 4) is 0 Å². The molecule has 0 bridgehead atoms. The predicted molar refractivity (Wildman–Crippen MR) is 83.9 cm³/mol. The van der Waals surface area contributed by atoms with Crippen molar-refractivity contribution in [3.63, 3.8) is 0 Å². The van der Waals surface area contributed by atoms with E-state index in [4.69, 9.17) is 4.74 Å². The van der Waals surface area contributed by atoms with Gasteiger partial charge in [0.2, 0.25) is 0 Å². The summed E-state index contributed by atoms with van der Waals surface area (Å²) in [6, 6.07) is 11.4. The highest BCUT2D eigenvalue weighted by Gasteiger charge is 2.39. The largest absolute Gasteiger partial charge is 0.380 e. The van der Waals surface area contributed by atoms with Gasteiger partial charge in [0.05, 0.1) is 11.6 Å². The van der Waals surface area contributed by atoms with Crippen LogP contribution in [0.5, 0.6) is 0 Å². The molecule has 1 aliphatic rings. The Balaban J connectivity index is 2.23. The average molecular weight is 276 g/mol. The van der Waals surface area contributed by atoms with E-state index in [0.29, 0.717) is 6.04 Å². The first-order valence-electron chi connectivity index (χ1n) is 7.67. The normalized spacial score (nSPS) is 29.3. The summed E-state index contributed by atoms with van der Waals surface area (Å²) >= 11 is 0. The monoisotopic (exact) mass is 276 g/mol. The van der Waals surface area contributed by atoms with Crippen LogP contribution in [0.25, 0.3) is 0 Å². The van der Waals surface area contributed by atoms with Gasteiger partial charge in [0, 0.05) is 32.8 Å². The molecule has 0 aromatic heterocycles. The summed E-state index contributed by atoms with van der Waals surface area (Å²) in [5.41, 5.74) is 1.42. The lowest BCUT2D eigenvalue weighted by Crippen LogP contribution is -2.62. The molecule has 0 aliphatic carbocycles. The first-order valence-corrected chi connectivity index (χ1v) is 7.67. The Hall–Kier alpha value is -0.900. The minimum absolute atomic E-state index is 0.0414. The molecule has 1 saturated heterocycles. The molecule has 112 valence electrons. The standard InChI is InChI=1S/C17H28N2O/c1-5-16-12-19(11-14(2)20-4)17(3,13-18-16)15-9-7-6-8-10-15/h6-10,14,16,18H,5,11-13H2,1-4H3. The number of benzene rings is 1. The van der Waals surface area contributed by atoms with E-state index in [1.807, 2.05) is 0 Å².